The van der Waals surface area contributed by atoms with Gasteiger partial charge in [-0.3, -0.25) is 9.97 Å². The van der Waals surface area contributed by atoms with Crippen molar-refractivity contribution in [1.29, 1.82) is 0 Å². The molecule has 0 unspecified atom stereocenters. The fraction of sp³-hybridized carbons (Fsp3) is 0.0286. The molecule has 0 atom stereocenters. The van der Waals surface area contributed by atoms with Crippen LogP contribution in [0, 0.1) is 0 Å². The number of hydrogen-bond donors (Lipinski definition) is 0. The van der Waals surface area contributed by atoms with Crippen molar-refractivity contribution in [3.8, 4) is 22.3 Å². The van der Waals surface area contributed by atoms with E-state index in [2.05, 4.69) is 80.5 Å². The summed E-state index contributed by atoms with van der Waals surface area (Å²) in [5.74, 6) is 0. The van der Waals surface area contributed by atoms with Gasteiger partial charge in [0.25, 0.3) is 0 Å². The lowest BCUT2D eigenvalue weighted by molar-refractivity contribution is 0.665. The number of furan rings is 2. The quantitative estimate of drug-likeness (QED) is 0.180. The second kappa shape index (κ2) is 7.06. The number of hydrogen-bond acceptors (Lipinski definition) is 4. The molecule has 1 spiro atoms. The molecular formula is C35H17BrN2O2. The number of aromatic nitrogens is 2. The minimum Gasteiger partial charge on any atom is -0.455 e. The summed E-state index contributed by atoms with van der Waals surface area (Å²) in [7, 11) is 0. The van der Waals surface area contributed by atoms with Crippen LogP contribution in [0.5, 0.6) is 0 Å². The van der Waals surface area contributed by atoms with Gasteiger partial charge < -0.3 is 8.83 Å². The third-order valence-corrected chi connectivity index (χ3v) is 9.57. The Morgan fingerprint density at radius 3 is 1.95 bits per heavy atom. The highest BCUT2D eigenvalue weighted by molar-refractivity contribution is 9.10. The number of pyridine rings is 2. The summed E-state index contributed by atoms with van der Waals surface area (Å²) < 4.78 is 14.5. The first kappa shape index (κ1) is 21.1. The van der Waals surface area contributed by atoms with Crippen LogP contribution in [0.15, 0.2) is 117 Å². The summed E-state index contributed by atoms with van der Waals surface area (Å²) in [5.41, 5.74) is 12.1. The van der Waals surface area contributed by atoms with E-state index in [4.69, 9.17) is 8.83 Å². The summed E-state index contributed by atoms with van der Waals surface area (Å²) in [6, 6.07) is 27.7. The molecule has 0 bridgehead atoms. The molecule has 186 valence electrons. The molecule has 10 rings (SSSR count). The minimum absolute atomic E-state index is 0.565. The molecule has 2 aliphatic rings. The molecule has 0 saturated heterocycles. The Kier molecular flexibility index (Phi) is 3.73. The Morgan fingerprint density at radius 2 is 1.20 bits per heavy atom. The highest BCUT2D eigenvalue weighted by Gasteiger charge is 2.54. The van der Waals surface area contributed by atoms with Gasteiger partial charge in [0.1, 0.15) is 22.3 Å². The molecule has 4 heterocycles. The first-order chi connectivity index (χ1) is 19.8. The van der Waals surface area contributed by atoms with Gasteiger partial charge in [-0.1, -0.05) is 64.5 Å². The number of rotatable bonds is 0. The summed E-state index contributed by atoms with van der Waals surface area (Å²) >= 11 is 3.98. The van der Waals surface area contributed by atoms with Crippen molar-refractivity contribution in [2.75, 3.05) is 0 Å². The van der Waals surface area contributed by atoms with E-state index in [-0.39, 0.29) is 0 Å². The van der Waals surface area contributed by atoms with Crippen molar-refractivity contribution in [1.82, 2.24) is 9.97 Å². The van der Waals surface area contributed by atoms with E-state index in [9.17, 15) is 0 Å². The highest BCUT2D eigenvalue weighted by atomic mass is 79.9. The van der Waals surface area contributed by atoms with Crippen LogP contribution in [0.25, 0.3) is 66.1 Å². The second-order valence-corrected chi connectivity index (χ2v) is 11.5. The minimum atomic E-state index is -0.565. The van der Waals surface area contributed by atoms with Crippen molar-refractivity contribution >= 4 is 59.8 Å². The van der Waals surface area contributed by atoms with Gasteiger partial charge in [-0.15, -0.1) is 0 Å². The third-order valence-electron chi connectivity index (χ3n) is 8.95. The molecule has 2 aliphatic carbocycles. The Labute approximate surface area is 236 Å². The Morgan fingerprint density at radius 1 is 0.575 bits per heavy atom. The summed E-state index contributed by atoms with van der Waals surface area (Å²) in [6.45, 7) is 0. The lowest BCUT2D eigenvalue weighted by Crippen LogP contribution is -2.26. The van der Waals surface area contributed by atoms with Crippen molar-refractivity contribution in [3.05, 3.63) is 130 Å². The van der Waals surface area contributed by atoms with Gasteiger partial charge in [0, 0.05) is 73.1 Å². The maximum atomic E-state index is 6.74. The van der Waals surface area contributed by atoms with Crippen LogP contribution >= 0.6 is 15.9 Å². The standard InChI is InChI=1S/C35H17BrN2O2/c36-27-15-26-32(34-30(27)20-6-2-4-8-29(20)40-34)31-25(10-9-19-18-5-1-3-7-28(18)39-33(19)31)35(26)23-11-13-37-16-21(23)22-17-38-14-12-24(22)35/h1-17H. The van der Waals surface area contributed by atoms with E-state index in [1.54, 1.807) is 0 Å². The lowest BCUT2D eigenvalue weighted by atomic mass is 9.71. The largest absolute Gasteiger partial charge is 0.455 e. The van der Waals surface area contributed by atoms with E-state index >= 15 is 0 Å². The molecule has 4 aromatic carbocycles. The Hall–Kier alpha value is -4.74. The predicted octanol–water partition coefficient (Wildman–Crippen LogP) is 9.38. The molecule has 4 aromatic heterocycles. The summed E-state index contributed by atoms with van der Waals surface area (Å²) in [6.07, 6.45) is 7.73. The molecule has 4 nitrogen and oxygen atoms in total. The van der Waals surface area contributed by atoms with Crippen molar-refractivity contribution in [3.63, 3.8) is 0 Å². The predicted molar refractivity (Wildman–Crippen MR) is 161 cm³/mol. The first-order valence-electron chi connectivity index (χ1n) is 13.3. The van der Waals surface area contributed by atoms with Gasteiger partial charge in [0.2, 0.25) is 0 Å². The van der Waals surface area contributed by atoms with Crippen molar-refractivity contribution in [2.24, 2.45) is 0 Å². The van der Waals surface area contributed by atoms with Crippen LogP contribution in [-0.4, -0.2) is 9.97 Å². The van der Waals surface area contributed by atoms with Crippen LogP contribution in [0.2, 0.25) is 0 Å². The molecule has 8 aromatic rings. The second-order valence-electron chi connectivity index (χ2n) is 10.6. The summed E-state index contributed by atoms with van der Waals surface area (Å²) in [4.78, 5) is 9.05. The van der Waals surface area contributed by atoms with E-state index in [0.29, 0.717) is 0 Å². The molecule has 0 fully saturated rings. The number of nitrogens with zero attached hydrogens (tertiary/aromatic N) is 2. The molecule has 40 heavy (non-hydrogen) atoms. The normalized spacial score (nSPS) is 14.3. The van der Waals surface area contributed by atoms with Gasteiger partial charge >= 0.3 is 0 Å². The molecule has 0 radical (unpaired) electrons. The molecule has 5 heteroatoms. The third kappa shape index (κ3) is 2.24. The SMILES string of the molecule is Brc1cc2c(c3oc4ccccc4c13)-c1c(ccc3c1oc1ccccc13)C21c2ccncc2-c2cnccc21. The molecule has 0 aliphatic heterocycles. The zero-order valence-corrected chi connectivity index (χ0v) is 22.5. The number of benzene rings is 4. The van der Waals surface area contributed by atoms with Crippen LogP contribution < -0.4 is 0 Å². The number of para-hydroxylation sites is 2. The van der Waals surface area contributed by atoms with E-state index in [1.165, 1.54) is 22.3 Å². The Balaban J connectivity index is 1.50. The smallest absolute Gasteiger partial charge is 0.144 e. The van der Waals surface area contributed by atoms with Crippen LogP contribution in [0.4, 0.5) is 0 Å². The van der Waals surface area contributed by atoms with Crippen molar-refractivity contribution < 1.29 is 8.83 Å². The first-order valence-corrected chi connectivity index (χ1v) is 14.0. The molecular weight excluding hydrogens is 560 g/mol. The summed E-state index contributed by atoms with van der Waals surface area (Å²) in [5, 5.41) is 4.38. The van der Waals surface area contributed by atoms with E-state index in [0.717, 1.165) is 70.6 Å². The average molecular weight is 577 g/mol. The average Bonchev–Trinajstić information content (AvgIpc) is 3.72. The highest BCUT2D eigenvalue weighted by Crippen LogP contribution is 2.65. The number of fused-ring (bicyclic) bond motifs is 18. The van der Waals surface area contributed by atoms with E-state index < -0.39 is 5.41 Å². The Bertz CT molecular complexity index is 2370. The maximum Gasteiger partial charge on any atom is 0.144 e. The molecule has 0 saturated carbocycles. The van der Waals surface area contributed by atoms with Crippen LogP contribution in [0.1, 0.15) is 22.3 Å². The van der Waals surface area contributed by atoms with Crippen LogP contribution in [0.3, 0.4) is 0 Å². The van der Waals surface area contributed by atoms with Crippen molar-refractivity contribution in [2.45, 2.75) is 5.41 Å². The zero-order chi connectivity index (χ0) is 26.2. The molecule has 0 amide bonds. The zero-order valence-electron chi connectivity index (χ0n) is 20.9. The van der Waals surface area contributed by atoms with Crippen LogP contribution in [-0.2, 0) is 5.41 Å². The topological polar surface area (TPSA) is 52.1 Å². The monoisotopic (exact) mass is 576 g/mol. The lowest BCUT2D eigenvalue weighted by Gasteiger charge is -2.30. The van der Waals surface area contributed by atoms with Gasteiger partial charge in [-0.2, -0.15) is 0 Å². The van der Waals surface area contributed by atoms with Gasteiger partial charge in [0.15, 0.2) is 0 Å². The maximum absolute atomic E-state index is 6.74. The molecule has 0 N–H and O–H groups in total. The van der Waals surface area contributed by atoms with Gasteiger partial charge in [0.05, 0.1) is 5.41 Å². The fourth-order valence-corrected chi connectivity index (χ4v) is 8.11. The number of halogens is 1. The van der Waals surface area contributed by atoms with Gasteiger partial charge in [-0.05, 0) is 52.6 Å². The van der Waals surface area contributed by atoms with Gasteiger partial charge in [-0.25, -0.2) is 0 Å². The fourth-order valence-electron chi connectivity index (χ4n) is 7.49. The van der Waals surface area contributed by atoms with E-state index in [1.807, 2.05) is 49.1 Å².